The van der Waals surface area contributed by atoms with Gasteiger partial charge in [-0.2, -0.15) is 0 Å². The highest BCUT2D eigenvalue weighted by Gasteiger charge is 2.21. The van der Waals surface area contributed by atoms with E-state index in [0.717, 1.165) is 32.4 Å². The van der Waals surface area contributed by atoms with Crippen LogP contribution in [0, 0.1) is 12.3 Å². The van der Waals surface area contributed by atoms with E-state index in [1.54, 1.807) is 0 Å². The molecule has 1 aliphatic rings. The number of hydrogen-bond donors (Lipinski definition) is 1. The molecule has 1 saturated carbocycles. The summed E-state index contributed by atoms with van der Waals surface area (Å²) in [6.45, 7) is 1.69. The molecule has 3 nitrogen and oxygen atoms in total. The summed E-state index contributed by atoms with van der Waals surface area (Å²) in [6.07, 6.45) is 5.31. The standard InChI is InChI=1S/C10H19N2O/c1-12(2)8-7-11-10(13)9-5-3-4-6-9/h3,9H,4-8H2,1-2H3,(H,11,13). The quantitative estimate of drug-likeness (QED) is 0.694. The minimum atomic E-state index is 0.232. The molecule has 1 fully saturated rings. The summed E-state index contributed by atoms with van der Waals surface area (Å²) in [5.74, 6) is 0.484. The lowest BCUT2D eigenvalue weighted by Crippen LogP contribution is -2.34. The van der Waals surface area contributed by atoms with Crippen molar-refractivity contribution in [2.24, 2.45) is 5.92 Å². The van der Waals surface area contributed by atoms with Crippen molar-refractivity contribution in [2.75, 3.05) is 27.2 Å². The summed E-state index contributed by atoms with van der Waals surface area (Å²) in [6, 6.07) is 0. The van der Waals surface area contributed by atoms with Gasteiger partial charge in [-0.25, -0.2) is 0 Å². The van der Waals surface area contributed by atoms with Gasteiger partial charge >= 0.3 is 0 Å². The molecule has 1 atom stereocenters. The van der Waals surface area contributed by atoms with Crippen molar-refractivity contribution < 1.29 is 4.79 Å². The van der Waals surface area contributed by atoms with E-state index in [1.807, 2.05) is 14.1 Å². The molecule has 0 aliphatic heterocycles. The van der Waals surface area contributed by atoms with Crippen LogP contribution >= 0.6 is 0 Å². The van der Waals surface area contributed by atoms with Crippen LogP contribution in [0.5, 0.6) is 0 Å². The van der Waals surface area contributed by atoms with E-state index in [2.05, 4.69) is 16.6 Å². The van der Waals surface area contributed by atoms with Gasteiger partial charge < -0.3 is 10.2 Å². The summed E-state index contributed by atoms with van der Waals surface area (Å²) in [7, 11) is 4.02. The van der Waals surface area contributed by atoms with Crippen LogP contribution in [0.1, 0.15) is 19.3 Å². The molecule has 0 aromatic heterocycles. The van der Waals surface area contributed by atoms with Crippen LogP contribution in [0.15, 0.2) is 0 Å². The van der Waals surface area contributed by atoms with Crippen molar-refractivity contribution >= 4 is 5.91 Å². The minimum absolute atomic E-state index is 0.232. The van der Waals surface area contributed by atoms with Crippen LogP contribution in [-0.2, 0) is 4.79 Å². The molecule has 1 aliphatic carbocycles. The largest absolute Gasteiger partial charge is 0.355 e. The molecule has 1 rings (SSSR count). The average Bonchev–Trinajstić information content (AvgIpc) is 2.55. The number of nitrogens with zero attached hydrogens (tertiary/aromatic N) is 1. The number of carbonyl (C=O) groups is 1. The molecule has 13 heavy (non-hydrogen) atoms. The normalized spacial score (nSPS) is 18.1. The molecule has 0 heterocycles. The van der Waals surface area contributed by atoms with Gasteiger partial charge in [-0.1, -0.05) is 0 Å². The summed E-state index contributed by atoms with van der Waals surface area (Å²) < 4.78 is 0. The molecule has 0 aromatic rings. The number of nitrogens with one attached hydrogen (secondary N) is 1. The SMILES string of the molecule is CN(C)CCNC(=O)C1C[CH]CC1. The van der Waals surface area contributed by atoms with E-state index < -0.39 is 0 Å². The first-order chi connectivity index (χ1) is 6.20. The Morgan fingerprint density at radius 1 is 1.62 bits per heavy atom. The van der Waals surface area contributed by atoms with Crippen LogP contribution in [0.25, 0.3) is 0 Å². The zero-order valence-electron chi connectivity index (χ0n) is 8.55. The second-order valence-corrected chi connectivity index (χ2v) is 3.89. The lowest BCUT2D eigenvalue weighted by Gasteiger charge is -2.13. The van der Waals surface area contributed by atoms with Gasteiger partial charge in [0.25, 0.3) is 0 Å². The average molecular weight is 183 g/mol. The molecule has 0 spiro atoms. The fraction of sp³-hybridized carbons (Fsp3) is 0.800. The van der Waals surface area contributed by atoms with Gasteiger partial charge in [-0.05, 0) is 39.8 Å². The molecule has 1 radical (unpaired) electrons. The Kier molecular flexibility index (Phi) is 4.22. The summed E-state index contributed by atoms with van der Waals surface area (Å²) >= 11 is 0. The molecule has 75 valence electrons. The highest BCUT2D eigenvalue weighted by atomic mass is 16.1. The van der Waals surface area contributed by atoms with E-state index in [0.29, 0.717) is 0 Å². The number of hydrogen-bond acceptors (Lipinski definition) is 2. The van der Waals surface area contributed by atoms with Crippen LogP contribution in [0.3, 0.4) is 0 Å². The van der Waals surface area contributed by atoms with E-state index >= 15 is 0 Å². The minimum Gasteiger partial charge on any atom is -0.355 e. The van der Waals surface area contributed by atoms with Crippen molar-refractivity contribution in [3.63, 3.8) is 0 Å². The van der Waals surface area contributed by atoms with Crippen LogP contribution in [0.2, 0.25) is 0 Å². The lowest BCUT2D eigenvalue weighted by atomic mass is 10.1. The second-order valence-electron chi connectivity index (χ2n) is 3.89. The Morgan fingerprint density at radius 3 is 2.92 bits per heavy atom. The highest BCUT2D eigenvalue weighted by Crippen LogP contribution is 2.23. The molecular weight excluding hydrogens is 164 g/mol. The molecule has 0 saturated heterocycles. The van der Waals surface area contributed by atoms with Crippen LogP contribution in [0.4, 0.5) is 0 Å². The fourth-order valence-electron chi connectivity index (χ4n) is 1.54. The van der Waals surface area contributed by atoms with E-state index in [1.165, 1.54) is 0 Å². The zero-order chi connectivity index (χ0) is 9.68. The van der Waals surface area contributed by atoms with Gasteiger partial charge in [0.05, 0.1) is 0 Å². The molecule has 1 N–H and O–H groups in total. The summed E-state index contributed by atoms with van der Waals surface area (Å²) in [5.41, 5.74) is 0. The third-order valence-electron chi connectivity index (χ3n) is 2.40. The van der Waals surface area contributed by atoms with Crippen LogP contribution < -0.4 is 5.32 Å². The Balaban J connectivity index is 2.10. The molecule has 0 aromatic carbocycles. The second kappa shape index (κ2) is 5.22. The van der Waals surface area contributed by atoms with Crippen molar-refractivity contribution in [3.8, 4) is 0 Å². The van der Waals surface area contributed by atoms with Crippen molar-refractivity contribution in [3.05, 3.63) is 6.42 Å². The van der Waals surface area contributed by atoms with Crippen molar-refractivity contribution in [2.45, 2.75) is 19.3 Å². The van der Waals surface area contributed by atoms with E-state index in [9.17, 15) is 4.79 Å². The molecule has 1 amide bonds. The number of rotatable bonds is 4. The number of likely N-dealkylation sites (N-methyl/N-ethyl adjacent to an activating group) is 1. The van der Waals surface area contributed by atoms with Crippen molar-refractivity contribution in [1.82, 2.24) is 10.2 Å². The molecular formula is C10H19N2O. The first-order valence-electron chi connectivity index (χ1n) is 4.94. The predicted octanol–water partition coefficient (Wildman–Crippen LogP) is 0.669. The Hall–Kier alpha value is -0.570. The van der Waals surface area contributed by atoms with Gasteiger partial charge in [-0.15, -0.1) is 0 Å². The fourth-order valence-corrected chi connectivity index (χ4v) is 1.54. The third kappa shape index (κ3) is 3.77. The summed E-state index contributed by atoms with van der Waals surface area (Å²) in [5, 5.41) is 2.96. The molecule has 0 bridgehead atoms. The molecule has 3 heteroatoms. The van der Waals surface area contributed by atoms with Crippen molar-refractivity contribution in [1.29, 1.82) is 0 Å². The predicted molar refractivity (Wildman–Crippen MR) is 53.2 cm³/mol. The lowest BCUT2D eigenvalue weighted by molar-refractivity contribution is -0.124. The topological polar surface area (TPSA) is 32.3 Å². The maximum Gasteiger partial charge on any atom is 0.223 e. The van der Waals surface area contributed by atoms with E-state index in [4.69, 9.17) is 0 Å². The Bertz CT molecular complexity index is 162. The number of carbonyl (C=O) groups excluding carboxylic acids is 1. The molecule has 1 unspecified atom stereocenters. The van der Waals surface area contributed by atoms with E-state index in [-0.39, 0.29) is 11.8 Å². The highest BCUT2D eigenvalue weighted by molar-refractivity contribution is 5.79. The third-order valence-corrected chi connectivity index (χ3v) is 2.40. The Labute approximate surface area is 80.5 Å². The maximum absolute atomic E-state index is 11.5. The van der Waals surface area contributed by atoms with Gasteiger partial charge in [0.1, 0.15) is 0 Å². The maximum atomic E-state index is 11.5. The smallest absolute Gasteiger partial charge is 0.223 e. The summed E-state index contributed by atoms with van der Waals surface area (Å²) in [4.78, 5) is 13.5. The first-order valence-corrected chi connectivity index (χ1v) is 4.94. The van der Waals surface area contributed by atoms with Gasteiger partial charge in [0.2, 0.25) is 5.91 Å². The first kappa shape index (κ1) is 10.5. The Morgan fingerprint density at radius 2 is 2.38 bits per heavy atom. The van der Waals surface area contributed by atoms with Crippen LogP contribution in [-0.4, -0.2) is 38.0 Å². The van der Waals surface area contributed by atoms with Gasteiger partial charge in [0.15, 0.2) is 0 Å². The van der Waals surface area contributed by atoms with Gasteiger partial charge in [-0.3, -0.25) is 4.79 Å². The number of amides is 1. The van der Waals surface area contributed by atoms with Gasteiger partial charge in [0, 0.05) is 19.0 Å². The zero-order valence-corrected chi connectivity index (χ0v) is 8.55. The monoisotopic (exact) mass is 183 g/mol.